The van der Waals surface area contributed by atoms with Gasteiger partial charge in [0.25, 0.3) is 0 Å². The molecule has 1 aromatic rings. The molecule has 0 aliphatic rings. The number of amides is 1. The molecule has 7 heteroatoms. The van der Waals surface area contributed by atoms with Gasteiger partial charge in [0.2, 0.25) is 5.91 Å². The molecule has 0 spiro atoms. The first-order valence-corrected chi connectivity index (χ1v) is 8.52. The second-order valence-corrected chi connectivity index (χ2v) is 8.97. The minimum Gasteiger partial charge on any atom is -0.353 e. The summed E-state index contributed by atoms with van der Waals surface area (Å²) in [6.45, 7) is 6.94. The largest absolute Gasteiger partial charge is 0.353 e. The lowest BCUT2D eigenvalue weighted by Gasteiger charge is -2.19. The van der Waals surface area contributed by atoms with Crippen molar-refractivity contribution in [3.05, 3.63) is 35.4 Å². The molecule has 0 heterocycles. The average Bonchev–Trinajstić information content (AvgIpc) is 2.37. The molecule has 0 radical (unpaired) electrons. The van der Waals surface area contributed by atoms with Gasteiger partial charge in [0.1, 0.15) is 6.04 Å². The van der Waals surface area contributed by atoms with Crippen LogP contribution in [0.3, 0.4) is 0 Å². The molecule has 1 atom stereocenters. The number of rotatable bonds is 5. The number of hydrogen-bond donors (Lipinski definition) is 2. The maximum Gasteiger partial charge on any atom is 0.241 e. The molecular weight excluding hydrogens is 324 g/mol. The molecule has 0 fully saturated rings. The van der Waals surface area contributed by atoms with Crippen molar-refractivity contribution < 1.29 is 13.2 Å². The van der Waals surface area contributed by atoms with Crippen LogP contribution < -0.4 is 11.1 Å². The lowest BCUT2D eigenvalue weighted by atomic mass is 10.1. The average molecular weight is 349 g/mol. The molecule has 0 bridgehead atoms. The number of nitrogens with one attached hydrogen (secondary N) is 1. The van der Waals surface area contributed by atoms with E-state index in [0.717, 1.165) is 5.56 Å². The summed E-state index contributed by atoms with van der Waals surface area (Å²) < 4.78 is 23.0. The lowest BCUT2D eigenvalue weighted by Crippen LogP contribution is -2.39. The van der Waals surface area contributed by atoms with Crippen LogP contribution in [0.2, 0.25) is 0 Å². The Labute approximate surface area is 139 Å². The first-order chi connectivity index (χ1) is 9.54. The Morgan fingerprint density at radius 3 is 2.18 bits per heavy atom. The molecule has 1 unspecified atom stereocenters. The van der Waals surface area contributed by atoms with Crippen molar-refractivity contribution in [2.75, 3.05) is 12.3 Å². The van der Waals surface area contributed by atoms with E-state index >= 15 is 0 Å². The molecule has 3 N–H and O–H groups in total. The Bertz CT molecular complexity index is 592. The topological polar surface area (TPSA) is 89.3 Å². The van der Waals surface area contributed by atoms with Gasteiger partial charge in [-0.25, -0.2) is 8.42 Å². The quantitative estimate of drug-likeness (QED) is 0.848. The van der Waals surface area contributed by atoms with Crippen molar-refractivity contribution in [1.29, 1.82) is 0 Å². The number of carbonyl (C=O) groups excluding carboxylic acids is 1. The van der Waals surface area contributed by atoms with Gasteiger partial charge in [-0.2, -0.15) is 0 Å². The summed E-state index contributed by atoms with van der Waals surface area (Å²) in [7, 11) is -3.24. The zero-order valence-electron chi connectivity index (χ0n) is 13.4. The number of benzene rings is 1. The van der Waals surface area contributed by atoms with Crippen LogP contribution in [0.25, 0.3) is 0 Å². The molecule has 5 nitrogen and oxygen atoms in total. The minimum absolute atomic E-state index is 0. The van der Waals surface area contributed by atoms with Crippen LogP contribution in [0.4, 0.5) is 0 Å². The van der Waals surface area contributed by atoms with Crippen LogP contribution in [-0.2, 0) is 14.6 Å². The molecule has 0 aromatic heterocycles. The van der Waals surface area contributed by atoms with Gasteiger partial charge in [0, 0.05) is 6.54 Å². The summed E-state index contributed by atoms with van der Waals surface area (Å²) in [4.78, 5) is 11.9. The Morgan fingerprint density at radius 1 is 1.23 bits per heavy atom. The van der Waals surface area contributed by atoms with Gasteiger partial charge >= 0.3 is 0 Å². The highest BCUT2D eigenvalue weighted by Crippen LogP contribution is 2.15. The molecule has 0 aliphatic carbocycles. The Hall–Kier alpha value is -1.11. The van der Waals surface area contributed by atoms with E-state index in [2.05, 4.69) is 5.32 Å². The van der Waals surface area contributed by atoms with Crippen LogP contribution in [0, 0.1) is 6.92 Å². The maximum absolute atomic E-state index is 11.9. The molecule has 0 saturated carbocycles. The normalized spacial score (nSPS) is 13.1. The van der Waals surface area contributed by atoms with Gasteiger partial charge in [-0.15, -0.1) is 12.4 Å². The maximum atomic E-state index is 11.9. The third-order valence-corrected chi connectivity index (χ3v) is 5.93. The molecule has 22 heavy (non-hydrogen) atoms. The fourth-order valence-corrected chi connectivity index (χ4v) is 2.63. The fraction of sp³-hybridized carbons (Fsp3) is 0.533. The number of nitrogens with two attached hydrogens (primary N) is 1. The summed E-state index contributed by atoms with van der Waals surface area (Å²) in [5, 5.41) is 2.58. The van der Waals surface area contributed by atoms with Gasteiger partial charge in [-0.3, -0.25) is 4.79 Å². The predicted molar refractivity (Wildman–Crippen MR) is 91.9 cm³/mol. The van der Waals surface area contributed by atoms with Crippen LogP contribution in [0.15, 0.2) is 24.3 Å². The van der Waals surface area contributed by atoms with Crippen LogP contribution in [0.1, 0.15) is 37.9 Å². The van der Waals surface area contributed by atoms with Crippen molar-refractivity contribution in [3.8, 4) is 0 Å². The van der Waals surface area contributed by atoms with Gasteiger partial charge in [0.05, 0.1) is 10.5 Å². The van der Waals surface area contributed by atoms with E-state index in [0.29, 0.717) is 5.56 Å². The highest BCUT2D eigenvalue weighted by Gasteiger charge is 2.28. The first kappa shape index (κ1) is 20.9. The summed E-state index contributed by atoms with van der Waals surface area (Å²) >= 11 is 0. The number of sulfone groups is 1. The number of hydrogen-bond acceptors (Lipinski definition) is 4. The molecule has 1 aromatic carbocycles. The van der Waals surface area contributed by atoms with E-state index in [1.807, 2.05) is 19.1 Å². The lowest BCUT2D eigenvalue weighted by molar-refractivity contribution is -0.122. The van der Waals surface area contributed by atoms with Gasteiger partial charge in [-0.05, 0) is 33.3 Å². The van der Waals surface area contributed by atoms with Crippen molar-refractivity contribution >= 4 is 28.2 Å². The Kier molecular flexibility index (Phi) is 7.54. The second kappa shape index (κ2) is 7.94. The van der Waals surface area contributed by atoms with Gasteiger partial charge in [-0.1, -0.05) is 29.8 Å². The van der Waals surface area contributed by atoms with E-state index in [-0.39, 0.29) is 30.6 Å². The van der Waals surface area contributed by atoms with Crippen molar-refractivity contribution in [3.63, 3.8) is 0 Å². The third-order valence-electron chi connectivity index (χ3n) is 3.32. The zero-order chi connectivity index (χ0) is 16.3. The van der Waals surface area contributed by atoms with Crippen LogP contribution in [-0.4, -0.2) is 31.4 Å². The van der Waals surface area contributed by atoms with E-state index < -0.39 is 20.6 Å². The molecular formula is C15H25ClN2O3S. The summed E-state index contributed by atoms with van der Waals surface area (Å²) in [6.07, 6.45) is 0. The van der Waals surface area contributed by atoms with E-state index in [1.165, 1.54) is 0 Å². The van der Waals surface area contributed by atoms with Crippen LogP contribution in [0.5, 0.6) is 0 Å². The number of aryl methyl sites for hydroxylation is 1. The highest BCUT2D eigenvalue weighted by molar-refractivity contribution is 7.92. The predicted octanol–water partition coefficient (Wildman–Crippen LogP) is 1.75. The second-order valence-electron chi connectivity index (χ2n) is 6.11. The summed E-state index contributed by atoms with van der Waals surface area (Å²) in [5.41, 5.74) is 7.65. The Morgan fingerprint density at radius 2 is 1.73 bits per heavy atom. The molecule has 0 aliphatic heterocycles. The standard InChI is InChI=1S/C15H24N2O3S.ClH/c1-11-5-7-12(8-6-11)13(16)14(18)17-9-10-21(19,20)15(2,3)4;/h5-8,13H,9-10,16H2,1-4H3,(H,17,18);1H. The SMILES string of the molecule is Cc1ccc(C(N)C(=O)NCCS(=O)(=O)C(C)(C)C)cc1.Cl. The number of halogens is 1. The Balaban J connectivity index is 0.00000441. The van der Waals surface area contributed by atoms with Crippen molar-refractivity contribution in [2.45, 2.75) is 38.5 Å². The molecule has 1 rings (SSSR count). The molecule has 0 saturated heterocycles. The van der Waals surface area contributed by atoms with E-state index in [9.17, 15) is 13.2 Å². The van der Waals surface area contributed by atoms with Gasteiger partial charge < -0.3 is 11.1 Å². The van der Waals surface area contributed by atoms with Gasteiger partial charge in [0.15, 0.2) is 9.84 Å². The number of carbonyl (C=O) groups is 1. The fourth-order valence-electron chi connectivity index (χ4n) is 1.65. The van der Waals surface area contributed by atoms with Crippen molar-refractivity contribution in [1.82, 2.24) is 5.32 Å². The monoisotopic (exact) mass is 348 g/mol. The minimum atomic E-state index is -3.24. The van der Waals surface area contributed by atoms with Crippen LogP contribution >= 0.6 is 12.4 Å². The molecule has 126 valence electrons. The first-order valence-electron chi connectivity index (χ1n) is 6.87. The summed E-state index contributed by atoms with van der Waals surface area (Å²) in [6, 6.07) is 6.57. The smallest absolute Gasteiger partial charge is 0.241 e. The third kappa shape index (κ3) is 5.59. The van der Waals surface area contributed by atoms with Crippen molar-refractivity contribution in [2.24, 2.45) is 5.73 Å². The highest BCUT2D eigenvalue weighted by atomic mass is 35.5. The van der Waals surface area contributed by atoms with E-state index in [1.54, 1.807) is 32.9 Å². The summed E-state index contributed by atoms with van der Waals surface area (Å²) in [5.74, 6) is -0.467. The zero-order valence-corrected chi connectivity index (χ0v) is 15.1. The van der Waals surface area contributed by atoms with E-state index in [4.69, 9.17) is 5.73 Å². The molecule has 1 amide bonds.